The molecule has 1 rings (SSSR count). The lowest BCUT2D eigenvalue weighted by Gasteiger charge is -2.31. The van der Waals surface area contributed by atoms with Gasteiger partial charge >= 0.3 is 0 Å². The summed E-state index contributed by atoms with van der Waals surface area (Å²) in [4.78, 5) is 22.5. The molecule has 1 aromatic rings. The quantitative estimate of drug-likeness (QED) is 0.501. The summed E-state index contributed by atoms with van der Waals surface area (Å²) >= 11 is 0. The molecule has 0 fully saturated rings. The molecule has 1 aromatic carbocycles. The summed E-state index contributed by atoms with van der Waals surface area (Å²) in [6.45, 7) is 6.31. The number of carbonyl (C=O) groups is 1. The lowest BCUT2D eigenvalue weighted by molar-refractivity contribution is -0.383. The number of carbonyl (C=O) groups excluding carboxylic acids is 1. The molecule has 1 atom stereocenters. The van der Waals surface area contributed by atoms with Crippen LogP contribution in [-0.2, 0) is 4.79 Å². The van der Waals surface area contributed by atoms with Crippen molar-refractivity contribution in [1.82, 2.24) is 5.32 Å². The van der Waals surface area contributed by atoms with E-state index in [0.29, 0.717) is 18.2 Å². The van der Waals surface area contributed by atoms with Crippen molar-refractivity contribution >= 4 is 17.3 Å². The monoisotopic (exact) mass is 308 g/mol. The summed E-state index contributed by atoms with van der Waals surface area (Å²) in [6, 6.07) is 6.22. The zero-order valence-corrected chi connectivity index (χ0v) is 13.3. The Morgan fingerprint density at radius 3 is 2.59 bits per heavy atom. The van der Waals surface area contributed by atoms with Crippen molar-refractivity contribution in [3.8, 4) is 0 Å². The molecule has 1 amide bonds. The molecule has 0 saturated heterocycles. The average molecular weight is 308 g/mol. The van der Waals surface area contributed by atoms with Crippen LogP contribution in [-0.4, -0.2) is 29.5 Å². The minimum Gasteiger partial charge on any atom is -0.371 e. The fourth-order valence-corrected chi connectivity index (χ4v) is 2.43. The van der Waals surface area contributed by atoms with E-state index in [-0.39, 0.29) is 18.1 Å². The number of nitrogens with two attached hydrogens (primary N) is 1. The van der Waals surface area contributed by atoms with E-state index in [1.165, 1.54) is 6.07 Å². The van der Waals surface area contributed by atoms with Crippen molar-refractivity contribution in [3.63, 3.8) is 0 Å². The second-order valence-corrected chi connectivity index (χ2v) is 6.04. The minimum atomic E-state index is -0.483. The lowest BCUT2D eigenvalue weighted by atomic mass is 9.91. The second-order valence-electron chi connectivity index (χ2n) is 6.04. The van der Waals surface area contributed by atoms with E-state index in [2.05, 4.69) is 24.5 Å². The number of hydrogen-bond acceptors (Lipinski definition) is 5. The molecule has 1 unspecified atom stereocenters. The van der Waals surface area contributed by atoms with Gasteiger partial charge in [-0.05, 0) is 25.3 Å². The fraction of sp³-hybridized carbons (Fsp3) is 0.533. The maximum Gasteiger partial charge on any atom is 0.292 e. The topological polar surface area (TPSA) is 110 Å². The number of hydrogen-bond donors (Lipinski definition) is 3. The SMILES string of the molecule is CC(C)CC(C)(CN)NC(=O)CNc1ccccc1[N+](=O)[O-]. The highest BCUT2D eigenvalue weighted by Crippen LogP contribution is 2.22. The number of nitrogens with one attached hydrogen (secondary N) is 2. The standard InChI is InChI=1S/C15H24N4O3/c1-11(2)8-15(3,10-16)18-14(20)9-17-12-6-4-5-7-13(12)19(21)22/h4-7,11,17H,8-10,16H2,1-3H3,(H,18,20). The molecule has 0 heterocycles. The third-order valence-electron chi connectivity index (χ3n) is 3.29. The molecular formula is C15H24N4O3. The van der Waals surface area contributed by atoms with E-state index >= 15 is 0 Å². The number of benzene rings is 1. The molecule has 0 spiro atoms. The smallest absolute Gasteiger partial charge is 0.292 e. The molecule has 122 valence electrons. The van der Waals surface area contributed by atoms with Crippen LogP contribution in [0.2, 0.25) is 0 Å². The third-order valence-corrected chi connectivity index (χ3v) is 3.29. The van der Waals surface area contributed by atoms with Gasteiger partial charge in [0.2, 0.25) is 5.91 Å². The van der Waals surface area contributed by atoms with Crippen molar-refractivity contribution in [2.75, 3.05) is 18.4 Å². The molecule has 7 nitrogen and oxygen atoms in total. The van der Waals surface area contributed by atoms with E-state index in [1.54, 1.807) is 18.2 Å². The molecule has 0 saturated carbocycles. The van der Waals surface area contributed by atoms with Gasteiger partial charge < -0.3 is 16.4 Å². The van der Waals surface area contributed by atoms with Crippen LogP contribution >= 0.6 is 0 Å². The predicted molar refractivity (Wildman–Crippen MR) is 86.6 cm³/mol. The Hall–Kier alpha value is -2.15. The first kappa shape index (κ1) is 17.9. The first-order valence-electron chi connectivity index (χ1n) is 7.26. The first-order chi connectivity index (χ1) is 10.3. The Kier molecular flexibility index (Phi) is 6.30. The van der Waals surface area contributed by atoms with E-state index in [1.807, 2.05) is 6.92 Å². The van der Waals surface area contributed by atoms with Gasteiger partial charge in [0.15, 0.2) is 0 Å². The van der Waals surface area contributed by atoms with Gasteiger partial charge in [-0.1, -0.05) is 26.0 Å². The second kappa shape index (κ2) is 7.74. The maximum absolute atomic E-state index is 12.1. The van der Waals surface area contributed by atoms with E-state index < -0.39 is 10.5 Å². The minimum absolute atomic E-state index is 0.0431. The van der Waals surface area contributed by atoms with Gasteiger partial charge in [0, 0.05) is 18.2 Å². The number of anilines is 1. The Balaban J connectivity index is 2.65. The molecule has 0 aliphatic carbocycles. The van der Waals surface area contributed by atoms with Crippen molar-refractivity contribution < 1.29 is 9.72 Å². The summed E-state index contributed by atoms with van der Waals surface area (Å²) < 4.78 is 0. The summed E-state index contributed by atoms with van der Waals surface area (Å²) in [5, 5.41) is 16.6. The largest absolute Gasteiger partial charge is 0.371 e. The first-order valence-corrected chi connectivity index (χ1v) is 7.26. The van der Waals surface area contributed by atoms with Crippen LogP contribution in [0.1, 0.15) is 27.2 Å². The zero-order valence-electron chi connectivity index (χ0n) is 13.3. The lowest BCUT2D eigenvalue weighted by Crippen LogP contribution is -2.53. The summed E-state index contributed by atoms with van der Waals surface area (Å²) in [6.07, 6.45) is 0.765. The van der Waals surface area contributed by atoms with Gasteiger partial charge in [-0.25, -0.2) is 0 Å². The highest BCUT2D eigenvalue weighted by Gasteiger charge is 2.25. The molecule has 0 aliphatic heterocycles. The van der Waals surface area contributed by atoms with Crippen LogP contribution in [0.4, 0.5) is 11.4 Å². The van der Waals surface area contributed by atoms with Crippen molar-refractivity contribution in [2.45, 2.75) is 32.7 Å². The van der Waals surface area contributed by atoms with Crippen molar-refractivity contribution in [2.24, 2.45) is 11.7 Å². The van der Waals surface area contributed by atoms with Crippen LogP contribution in [0.15, 0.2) is 24.3 Å². The van der Waals surface area contributed by atoms with Gasteiger partial charge in [-0.2, -0.15) is 0 Å². The maximum atomic E-state index is 12.1. The number of amides is 1. The molecular weight excluding hydrogens is 284 g/mol. The fourth-order valence-electron chi connectivity index (χ4n) is 2.43. The molecule has 0 bridgehead atoms. The summed E-state index contributed by atoms with van der Waals surface area (Å²) in [5.41, 5.74) is 5.54. The van der Waals surface area contributed by atoms with E-state index in [0.717, 1.165) is 6.42 Å². The van der Waals surface area contributed by atoms with Crippen LogP contribution < -0.4 is 16.4 Å². The molecule has 4 N–H and O–H groups in total. The van der Waals surface area contributed by atoms with Crippen LogP contribution in [0.3, 0.4) is 0 Å². The highest BCUT2D eigenvalue weighted by molar-refractivity contribution is 5.82. The van der Waals surface area contributed by atoms with E-state index in [4.69, 9.17) is 5.73 Å². The van der Waals surface area contributed by atoms with Gasteiger partial charge in [0.25, 0.3) is 5.69 Å². The Bertz CT molecular complexity index is 533. The van der Waals surface area contributed by atoms with Gasteiger partial charge in [-0.15, -0.1) is 0 Å². The Morgan fingerprint density at radius 2 is 2.05 bits per heavy atom. The Labute approximate surface area is 130 Å². The zero-order chi connectivity index (χ0) is 16.8. The van der Waals surface area contributed by atoms with Crippen LogP contribution in [0.5, 0.6) is 0 Å². The Morgan fingerprint density at radius 1 is 1.41 bits per heavy atom. The highest BCUT2D eigenvalue weighted by atomic mass is 16.6. The number of nitrogens with zero attached hydrogens (tertiary/aromatic N) is 1. The van der Waals surface area contributed by atoms with Crippen molar-refractivity contribution in [3.05, 3.63) is 34.4 Å². The summed E-state index contributed by atoms with van der Waals surface area (Å²) in [7, 11) is 0. The molecule has 0 aliphatic rings. The van der Waals surface area contributed by atoms with Gasteiger partial charge in [0.05, 0.1) is 11.5 Å². The normalized spacial score (nSPS) is 13.5. The van der Waals surface area contributed by atoms with Gasteiger partial charge in [0.1, 0.15) is 5.69 Å². The molecule has 7 heteroatoms. The molecule has 0 aromatic heterocycles. The summed E-state index contributed by atoms with van der Waals surface area (Å²) in [5.74, 6) is 0.156. The molecule has 22 heavy (non-hydrogen) atoms. The number of nitro groups is 1. The number of para-hydroxylation sites is 2. The molecule has 0 radical (unpaired) electrons. The van der Waals surface area contributed by atoms with Gasteiger partial charge in [-0.3, -0.25) is 14.9 Å². The van der Waals surface area contributed by atoms with Crippen LogP contribution in [0, 0.1) is 16.0 Å². The number of nitro benzene ring substituents is 1. The average Bonchev–Trinajstić information content (AvgIpc) is 2.44. The predicted octanol–water partition coefficient (Wildman–Crippen LogP) is 1.89. The third kappa shape index (κ3) is 5.33. The number of rotatable bonds is 8. The van der Waals surface area contributed by atoms with E-state index in [9.17, 15) is 14.9 Å². The van der Waals surface area contributed by atoms with Crippen molar-refractivity contribution in [1.29, 1.82) is 0 Å². The van der Waals surface area contributed by atoms with Crippen LogP contribution in [0.25, 0.3) is 0 Å².